The molecule has 0 saturated carbocycles. The average molecular weight is 148 g/mol. The van der Waals surface area contributed by atoms with Crippen molar-refractivity contribution in [3.63, 3.8) is 0 Å². The number of aliphatic carboxylic acids is 1. The highest BCUT2D eigenvalue weighted by atomic mass is 31.0. The van der Waals surface area contributed by atoms with Gasteiger partial charge in [-0.1, -0.05) is 0 Å². The fourth-order valence-electron chi connectivity index (χ4n) is 0.348. The van der Waals surface area contributed by atoms with Crippen molar-refractivity contribution in [1.82, 2.24) is 0 Å². The Morgan fingerprint density at radius 1 is 1.33 bits per heavy atom. The molecule has 1 atom stereocenters. The van der Waals surface area contributed by atoms with Crippen molar-refractivity contribution < 1.29 is 14.7 Å². The van der Waals surface area contributed by atoms with E-state index < -0.39 is 5.97 Å². The van der Waals surface area contributed by atoms with Gasteiger partial charge in [-0.3, -0.25) is 9.59 Å². The number of carbonyl (C=O) groups excluding carboxylic acids is 1. The van der Waals surface area contributed by atoms with Crippen LogP contribution in [0.3, 0.4) is 0 Å². The van der Waals surface area contributed by atoms with Gasteiger partial charge in [0.1, 0.15) is 5.78 Å². The minimum atomic E-state index is -0.915. The third kappa shape index (κ3) is 5.44. The Labute approximate surface area is 55.6 Å². The lowest BCUT2D eigenvalue weighted by molar-refractivity contribution is -0.138. The molecule has 4 heteroatoms. The topological polar surface area (TPSA) is 54.4 Å². The second-order valence-electron chi connectivity index (χ2n) is 1.64. The zero-order valence-corrected chi connectivity index (χ0v) is 6.12. The van der Waals surface area contributed by atoms with E-state index >= 15 is 0 Å². The Kier molecular flexibility index (Phi) is 4.24. The van der Waals surface area contributed by atoms with Crippen molar-refractivity contribution in [2.45, 2.75) is 12.8 Å². The fourth-order valence-corrected chi connectivity index (χ4v) is 0.553. The van der Waals surface area contributed by atoms with E-state index in [9.17, 15) is 9.59 Å². The standard InChI is InChI=1S/C5H9O3P/c6-4(3-9)1-2-5(7)8/h1-3,9H2,(H,7,8). The van der Waals surface area contributed by atoms with Crippen LogP contribution in [0.1, 0.15) is 12.8 Å². The molecule has 0 aliphatic heterocycles. The summed E-state index contributed by atoms with van der Waals surface area (Å²) >= 11 is 0. The van der Waals surface area contributed by atoms with Crippen LogP contribution in [0.5, 0.6) is 0 Å². The van der Waals surface area contributed by atoms with E-state index in [4.69, 9.17) is 5.11 Å². The van der Waals surface area contributed by atoms with Gasteiger partial charge in [0.05, 0.1) is 6.42 Å². The van der Waals surface area contributed by atoms with E-state index in [1.807, 2.05) is 0 Å². The predicted octanol–water partition coefficient (Wildman–Crippen LogP) is 0.295. The minimum absolute atomic E-state index is 0.0256. The van der Waals surface area contributed by atoms with Crippen molar-refractivity contribution in [3.8, 4) is 0 Å². The number of carboxylic acids is 1. The van der Waals surface area contributed by atoms with Gasteiger partial charge in [0, 0.05) is 12.6 Å². The van der Waals surface area contributed by atoms with Gasteiger partial charge < -0.3 is 5.11 Å². The maximum Gasteiger partial charge on any atom is 0.303 e. The first-order valence-corrected chi connectivity index (χ1v) is 3.42. The zero-order valence-electron chi connectivity index (χ0n) is 4.96. The number of hydrogen-bond donors (Lipinski definition) is 1. The summed E-state index contributed by atoms with van der Waals surface area (Å²) in [5.41, 5.74) is 0. The summed E-state index contributed by atoms with van der Waals surface area (Å²) in [6, 6.07) is 0. The first-order chi connectivity index (χ1) is 4.16. The van der Waals surface area contributed by atoms with E-state index in [1.165, 1.54) is 0 Å². The Balaban J connectivity index is 3.28. The molecule has 0 aromatic carbocycles. The maximum absolute atomic E-state index is 10.4. The monoisotopic (exact) mass is 148 g/mol. The molecule has 0 heterocycles. The van der Waals surface area contributed by atoms with Gasteiger partial charge in [-0.25, -0.2) is 0 Å². The molecular weight excluding hydrogens is 139 g/mol. The number of carboxylic acid groups (broad SMARTS) is 1. The van der Waals surface area contributed by atoms with Crippen LogP contribution in [0.4, 0.5) is 0 Å². The SMILES string of the molecule is O=C(O)CCC(=O)CP. The van der Waals surface area contributed by atoms with Gasteiger partial charge in [-0.05, 0) is 0 Å². The molecule has 0 fully saturated rings. The number of hydrogen-bond acceptors (Lipinski definition) is 2. The molecule has 0 spiro atoms. The Bertz CT molecular complexity index is 121. The number of carbonyl (C=O) groups is 2. The van der Waals surface area contributed by atoms with Crippen LogP contribution in [-0.2, 0) is 9.59 Å². The summed E-state index contributed by atoms with van der Waals surface area (Å²) in [6.07, 6.45) is 0.458. The quantitative estimate of drug-likeness (QED) is 0.583. The molecule has 0 aliphatic rings. The smallest absolute Gasteiger partial charge is 0.303 e. The van der Waals surface area contributed by atoms with Crippen LogP contribution < -0.4 is 0 Å². The van der Waals surface area contributed by atoms with E-state index in [2.05, 4.69) is 9.24 Å². The molecular formula is C5H9O3P. The molecule has 1 N–H and O–H groups in total. The van der Waals surface area contributed by atoms with Crippen molar-refractivity contribution >= 4 is 21.0 Å². The molecule has 0 bridgehead atoms. The lowest BCUT2D eigenvalue weighted by Gasteiger charge is -1.90. The van der Waals surface area contributed by atoms with Crippen molar-refractivity contribution in [3.05, 3.63) is 0 Å². The van der Waals surface area contributed by atoms with Crippen LogP contribution in [0, 0.1) is 0 Å². The number of Topliss-reactive ketones (excluding diaryl/α,β-unsaturated/α-hetero) is 1. The van der Waals surface area contributed by atoms with E-state index in [0.717, 1.165) is 0 Å². The van der Waals surface area contributed by atoms with Crippen LogP contribution >= 0.6 is 9.24 Å². The third-order valence-electron chi connectivity index (χ3n) is 0.845. The van der Waals surface area contributed by atoms with Crippen molar-refractivity contribution in [2.75, 3.05) is 6.16 Å². The zero-order chi connectivity index (χ0) is 7.28. The Morgan fingerprint density at radius 2 is 1.89 bits per heavy atom. The van der Waals surface area contributed by atoms with Crippen molar-refractivity contribution in [2.24, 2.45) is 0 Å². The highest BCUT2D eigenvalue weighted by molar-refractivity contribution is 7.18. The molecule has 0 aromatic heterocycles. The Hall–Kier alpha value is -0.430. The molecule has 0 amide bonds. The van der Waals surface area contributed by atoms with Gasteiger partial charge >= 0.3 is 5.97 Å². The van der Waals surface area contributed by atoms with E-state index in [0.29, 0.717) is 6.16 Å². The molecule has 3 nitrogen and oxygen atoms in total. The summed E-state index contributed by atoms with van der Waals surface area (Å²) in [4.78, 5) is 20.3. The summed E-state index contributed by atoms with van der Waals surface area (Å²) in [7, 11) is 2.26. The molecule has 9 heavy (non-hydrogen) atoms. The van der Waals surface area contributed by atoms with Gasteiger partial charge in [-0.2, -0.15) is 0 Å². The molecule has 0 saturated heterocycles. The second kappa shape index (κ2) is 4.45. The average Bonchev–Trinajstić information content (AvgIpc) is 1.83. The van der Waals surface area contributed by atoms with Gasteiger partial charge in [0.2, 0.25) is 0 Å². The summed E-state index contributed by atoms with van der Waals surface area (Å²) < 4.78 is 0. The van der Waals surface area contributed by atoms with Gasteiger partial charge in [0.15, 0.2) is 0 Å². The molecule has 0 aromatic rings. The van der Waals surface area contributed by atoms with Crippen LogP contribution in [0.15, 0.2) is 0 Å². The first kappa shape index (κ1) is 8.57. The maximum atomic E-state index is 10.4. The lowest BCUT2D eigenvalue weighted by Crippen LogP contribution is -2.03. The highest BCUT2D eigenvalue weighted by Gasteiger charge is 2.01. The Morgan fingerprint density at radius 3 is 2.22 bits per heavy atom. The van der Waals surface area contributed by atoms with Crippen LogP contribution in [0.2, 0.25) is 0 Å². The minimum Gasteiger partial charge on any atom is -0.481 e. The lowest BCUT2D eigenvalue weighted by atomic mass is 10.2. The third-order valence-corrected chi connectivity index (χ3v) is 1.30. The summed E-state index contributed by atoms with van der Waals surface area (Å²) in [5, 5.41) is 8.10. The predicted molar refractivity (Wildman–Crippen MR) is 36.5 cm³/mol. The largest absolute Gasteiger partial charge is 0.481 e. The first-order valence-electron chi connectivity index (χ1n) is 2.60. The molecule has 0 radical (unpaired) electrons. The van der Waals surface area contributed by atoms with Crippen LogP contribution in [-0.4, -0.2) is 23.0 Å². The molecule has 0 aliphatic carbocycles. The van der Waals surface area contributed by atoms with Crippen molar-refractivity contribution in [1.29, 1.82) is 0 Å². The van der Waals surface area contributed by atoms with E-state index in [-0.39, 0.29) is 18.6 Å². The van der Waals surface area contributed by atoms with Gasteiger partial charge in [0.25, 0.3) is 0 Å². The van der Waals surface area contributed by atoms with Crippen LogP contribution in [0.25, 0.3) is 0 Å². The molecule has 52 valence electrons. The van der Waals surface area contributed by atoms with Gasteiger partial charge in [-0.15, -0.1) is 9.24 Å². The fraction of sp³-hybridized carbons (Fsp3) is 0.600. The normalized spacial score (nSPS) is 9.00. The molecule has 1 unspecified atom stereocenters. The molecule has 0 rings (SSSR count). The summed E-state index contributed by atoms with van der Waals surface area (Å²) in [5.74, 6) is -0.941. The van der Waals surface area contributed by atoms with E-state index in [1.54, 1.807) is 0 Å². The number of rotatable bonds is 4. The highest BCUT2D eigenvalue weighted by Crippen LogP contribution is 1.93. The number of ketones is 1. The second-order valence-corrected chi connectivity index (χ2v) is 2.04. The summed E-state index contributed by atoms with van der Waals surface area (Å²) in [6.45, 7) is 0.